The third-order valence-electron chi connectivity index (χ3n) is 10.7. The van der Waals surface area contributed by atoms with E-state index in [4.69, 9.17) is 28.5 Å². The molecule has 2 aromatic carbocycles. The van der Waals surface area contributed by atoms with Gasteiger partial charge in [-0.3, -0.25) is 9.69 Å². The van der Waals surface area contributed by atoms with Gasteiger partial charge >= 0.3 is 6.09 Å². The number of unbranched alkanes of at least 4 members (excludes halogenated alkanes) is 2. The van der Waals surface area contributed by atoms with Crippen LogP contribution in [0.15, 0.2) is 71.9 Å². The molecule has 1 saturated carbocycles. The molecule has 0 spiro atoms. The summed E-state index contributed by atoms with van der Waals surface area (Å²) in [6.07, 6.45) is 8.79. The average molecular weight is 765 g/mol. The normalized spacial score (nSPS) is 24.5. The van der Waals surface area contributed by atoms with E-state index >= 15 is 0 Å². The monoisotopic (exact) mass is 764 g/mol. The highest BCUT2D eigenvalue weighted by atomic mass is 16.7. The van der Waals surface area contributed by atoms with E-state index in [1.807, 2.05) is 18.2 Å². The number of benzene rings is 2. The number of aliphatic hydroxyl groups is 3. The van der Waals surface area contributed by atoms with Gasteiger partial charge in [-0.05, 0) is 80.3 Å². The number of aldehydes is 1. The number of carbonyl (C=O) groups is 2. The Morgan fingerprint density at radius 3 is 2.53 bits per heavy atom. The van der Waals surface area contributed by atoms with Crippen molar-refractivity contribution >= 4 is 18.1 Å². The minimum Gasteiger partial charge on any atom is -0.459 e. The maximum atomic E-state index is 14.0. The Morgan fingerprint density at radius 2 is 1.82 bits per heavy atom. The zero-order chi connectivity index (χ0) is 39.2. The second-order valence-corrected chi connectivity index (χ2v) is 14.0. The number of allylic oxidation sites excluding steroid dienone is 1. The molecule has 1 amide bonds. The van der Waals surface area contributed by atoms with Gasteiger partial charge in [0, 0.05) is 43.2 Å². The Balaban J connectivity index is 1.75. The first-order valence-electron chi connectivity index (χ1n) is 19.4. The number of hydrogen-bond donors (Lipinski definition) is 3. The van der Waals surface area contributed by atoms with Crippen LogP contribution in [0.25, 0.3) is 0 Å². The predicted molar refractivity (Wildman–Crippen MR) is 206 cm³/mol. The standard InChI is InChI=1S/C42H56N2O11/c1-4-21-53-42-38(44(41(49)52-5-2)17-22-51-23-20-47)27-36(43-50-3)34-25-30(12-6-8-18-45)33(14-7-9-19-46)39(40(34)42)35-26-32(15-16-37(35)55-42)54-31-13-10-11-29(24-31)28-48/h4,10-11,13,15-16,24-26,28,30,33,38-40,45-47H,1,5-9,12,14,17-23,27H2,2-3H3/t30-,33+,38-,39+,40+,42+/m0/s1. The van der Waals surface area contributed by atoms with Crippen LogP contribution in [0.1, 0.15) is 73.7 Å². The molecule has 55 heavy (non-hydrogen) atoms. The lowest BCUT2D eigenvalue weighted by atomic mass is 9.55. The third-order valence-corrected chi connectivity index (χ3v) is 10.7. The number of oxime groups is 1. The van der Waals surface area contributed by atoms with E-state index in [1.54, 1.807) is 42.2 Å². The molecule has 13 heteroatoms. The summed E-state index contributed by atoms with van der Waals surface area (Å²) in [5.74, 6) is -0.506. The highest BCUT2D eigenvalue weighted by molar-refractivity contribution is 6.03. The molecule has 0 bridgehead atoms. The van der Waals surface area contributed by atoms with Crippen molar-refractivity contribution in [1.29, 1.82) is 0 Å². The Hall–Kier alpha value is -4.27. The van der Waals surface area contributed by atoms with Crippen LogP contribution in [-0.4, -0.2) is 110 Å². The maximum Gasteiger partial charge on any atom is 0.410 e. The van der Waals surface area contributed by atoms with Crippen LogP contribution in [0.3, 0.4) is 0 Å². The van der Waals surface area contributed by atoms with Crippen molar-refractivity contribution in [3.63, 3.8) is 0 Å². The van der Waals surface area contributed by atoms with E-state index in [0.717, 1.165) is 43.1 Å². The Kier molecular flexibility index (Phi) is 15.7. The number of ether oxygens (including phenoxy) is 5. The largest absolute Gasteiger partial charge is 0.459 e. The molecule has 6 atom stereocenters. The number of nitrogens with zero attached hydrogens (tertiary/aromatic N) is 2. The summed E-state index contributed by atoms with van der Waals surface area (Å²) in [6, 6.07) is 11.8. The Bertz CT molecular complexity index is 1650. The summed E-state index contributed by atoms with van der Waals surface area (Å²) in [5.41, 5.74) is 2.93. The number of amides is 1. The van der Waals surface area contributed by atoms with Gasteiger partial charge in [0.25, 0.3) is 0 Å². The minimum atomic E-state index is -1.46. The fourth-order valence-corrected chi connectivity index (χ4v) is 8.52. The number of aliphatic hydroxyl groups excluding tert-OH is 3. The zero-order valence-corrected chi connectivity index (χ0v) is 32.0. The van der Waals surface area contributed by atoms with Crippen molar-refractivity contribution in [1.82, 2.24) is 4.90 Å². The molecule has 2 aromatic rings. The zero-order valence-electron chi connectivity index (χ0n) is 32.0. The maximum absolute atomic E-state index is 14.0. The van der Waals surface area contributed by atoms with Gasteiger partial charge in [-0.1, -0.05) is 42.3 Å². The second-order valence-electron chi connectivity index (χ2n) is 14.0. The quantitative estimate of drug-likeness (QED) is 0.0556. The molecule has 1 heterocycles. The summed E-state index contributed by atoms with van der Waals surface area (Å²) >= 11 is 0. The van der Waals surface area contributed by atoms with Gasteiger partial charge in [-0.15, -0.1) is 6.58 Å². The second kappa shape index (κ2) is 20.6. The molecule has 1 fully saturated rings. The van der Waals surface area contributed by atoms with E-state index < -0.39 is 23.8 Å². The molecule has 0 saturated heterocycles. The predicted octanol–water partition coefficient (Wildman–Crippen LogP) is 6.02. The van der Waals surface area contributed by atoms with Gasteiger partial charge in [-0.2, -0.15) is 0 Å². The first-order valence-corrected chi connectivity index (χ1v) is 19.4. The molecule has 13 nitrogen and oxygen atoms in total. The van der Waals surface area contributed by atoms with Gasteiger partial charge in [-0.25, -0.2) is 4.79 Å². The van der Waals surface area contributed by atoms with Gasteiger partial charge in [0.05, 0.1) is 44.7 Å². The van der Waals surface area contributed by atoms with Gasteiger partial charge in [0.15, 0.2) is 0 Å². The molecule has 3 aliphatic rings. The molecule has 0 aromatic heterocycles. The fraction of sp³-hybridized carbons (Fsp3) is 0.548. The summed E-state index contributed by atoms with van der Waals surface area (Å²) < 4.78 is 31.7. The van der Waals surface area contributed by atoms with E-state index in [1.165, 1.54) is 7.11 Å². The Morgan fingerprint density at radius 1 is 1.04 bits per heavy atom. The first-order chi connectivity index (χ1) is 26.9. The van der Waals surface area contributed by atoms with Crippen LogP contribution >= 0.6 is 0 Å². The molecule has 0 radical (unpaired) electrons. The van der Waals surface area contributed by atoms with Gasteiger partial charge < -0.3 is 43.8 Å². The van der Waals surface area contributed by atoms with E-state index in [0.29, 0.717) is 41.4 Å². The number of carbonyl (C=O) groups excluding carboxylic acids is 2. The molecule has 3 N–H and O–H groups in total. The van der Waals surface area contributed by atoms with E-state index in [-0.39, 0.29) is 77.0 Å². The van der Waals surface area contributed by atoms with Crippen molar-refractivity contribution in [3.05, 3.63) is 77.9 Å². The third kappa shape index (κ3) is 9.58. The van der Waals surface area contributed by atoms with Crippen LogP contribution in [0.5, 0.6) is 17.2 Å². The number of rotatable bonds is 22. The Labute approximate surface area is 323 Å². The van der Waals surface area contributed by atoms with Crippen LogP contribution in [0.2, 0.25) is 0 Å². The number of fused-ring (bicyclic) bond motifs is 2. The summed E-state index contributed by atoms with van der Waals surface area (Å²) in [6.45, 7) is 6.30. The summed E-state index contributed by atoms with van der Waals surface area (Å²) in [5, 5.41) is 33.6. The van der Waals surface area contributed by atoms with Crippen LogP contribution in [0, 0.1) is 17.8 Å². The highest BCUT2D eigenvalue weighted by Crippen LogP contribution is 2.62. The lowest BCUT2D eigenvalue weighted by Gasteiger charge is -2.59. The van der Waals surface area contributed by atoms with Crippen LogP contribution in [0.4, 0.5) is 4.79 Å². The first kappa shape index (κ1) is 41.9. The summed E-state index contributed by atoms with van der Waals surface area (Å²) in [4.78, 5) is 32.6. The molecule has 2 aliphatic carbocycles. The fourth-order valence-electron chi connectivity index (χ4n) is 8.52. The molecule has 300 valence electrons. The minimum absolute atomic E-state index is 0.0217. The molecule has 0 unspecified atom stereocenters. The topological polar surface area (TPSA) is 166 Å². The van der Waals surface area contributed by atoms with E-state index in [2.05, 4.69) is 17.8 Å². The molecule has 5 rings (SSSR count). The molecule has 1 aliphatic heterocycles. The van der Waals surface area contributed by atoms with Crippen molar-refractivity contribution < 1.29 is 53.4 Å². The van der Waals surface area contributed by atoms with Crippen molar-refractivity contribution in [2.75, 3.05) is 59.9 Å². The van der Waals surface area contributed by atoms with Gasteiger partial charge in [0.2, 0.25) is 5.79 Å². The van der Waals surface area contributed by atoms with E-state index in [9.17, 15) is 24.9 Å². The van der Waals surface area contributed by atoms with Crippen LogP contribution < -0.4 is 9.47 Å². The number of hydrogen-bond acceptors (Lipinski definition) is 12. The smallest absolute Gasteiger partial charge is 0.410 e. The van der Waals surface area contributed by atoms with Crippen molar-refractivity contribution in [2.24, 2.45) is 22.9 Å². The van der Waals surface area contributed by atoms with Gasteiger partial charge in [0.1, 0.15) is 36.7 Å². The lowest BCUT2D eigenvalue weighted by molar-refractivity contribution is -0.256. The molecular formula is C42H56N2O11. The van der Waals surface area contributed by atoms with Crippen molar-refractivity contribution in [2.45, 2.75) is 69.6 Å². The SMILES string of the molecule is C=CCO[C@@]12Oc3ccc(Oc4cccc(C=O)c4)cc3[C@H]3[C@H](CCCCO)[C@@H](CCCCO)C=C(C(=NOC)C[C@@H]1N(CCOCCO)C(=O)OCC)[C@H]32. The molecular weight excluding hydrogens is 708 g/mol. The highest BCUT2D eigenvalue weighted by Gasteiger charge is 2.65. The lowest BCUT2D eigenvalue weighted by Crippen LogP contribution is -2.70. The summed E-state index contributed by atoms with van der Waals surface area (Å²) in [7, 11) is 1.50. The van der Waals surface area contributed by atoms with Crippen molar-refractivity contribution in [3.8, 4) is 17.2 Å². The average Bonchev–Trinajstić information content (AvgIpc) is 3.19. The van der Waals surface area contributed by atoms with Crippen LogP contribution in [-0.2, 0) is 19.0 Å².